The number of halogens is 1. The predicted molar refractivity (Wildman–Crippen MR) is 84.5 cm³/mol. The van der Waals surface area contributed by atoms with Gasteiger partial charge in [-0.05, 0) is 37.5 Å². The molecule has 0 radical (unpaired) electrons. The summed E-state index contributed by atoms with van der Waals surface area (Å²) in [4.78, 5) is 23.6. The highest BCUT2D eigenvalue weighted by atomic mass is 35.5. The van der Waals surface area contributed by atoms with Crippen LogP contribution in [0.15, 0.2) is 18.2 Å². The molecule has 22 heavy (non-hydrogen) atoms. The van der Waals surface area contributed by atoms with Crippen molar-refractivity contribution in [1.82, 2.24) is 10.9 Å². The highest BCUT2D eigenvalue weighted by molar-refractivity contribution is 6.32. The number of carbonyl (C=O) groups is 2. The average Bonchev–Trinajstić information content (AvgIpc) is 2.54. The number of aryl methyl sites for hydroxylation is 1. The van der Waals surface area contributed by atoms with Crippen LogP contribution in [-0.2, 0) is 9.59 Å². The molecule has 0 spiro atoms. The summed E-state index contributed by atoms with van der Waals surface area (Å²) in [6.45, 7) is 1.71. The fourth-order valence-corrected chi connectivity index (χ4v) is 2.67. The molecule has 1 aliphatic rings. The molecule has 0 aliphatic heterocycles. The molecular weight excluding hydrogens is 304 g/mol. The van der Waals surface area contributed by atoms with Crippen molar-refractivity contribution in [3.8, 4) is 5.75 Å². The second kappa shape index (κ2) is 8.03. The molecule has 2 rings (SSSR count). The number of ether oxygens (including phenoxy) is 1. The van der Waals surface area contributed by atoms with Gasteiger partial charge in [-0.2, -0.15) is 0 Å². The largest absolute Gasteiger partial charge is 0.482 e. The number of amides is 2. The molecule has 1 saturated carbocycles. The molecule has 0 atom stereocenters. The van der Waals surface area contributed by atoms with Crippen LogP contribution in [-0.4, -0.2) is 18.4 Å². The Balaban J connectivity index is 1.73. The summed E-state index contributed by atoms with van der Waals surface area (Å²) in [5.74, 6) is -0.0834. The van der Waals surface area contributed by atoms with Gasteiger partial charge in [-0.1, -0.05) is 36.9 Å². The molecular formula is C16H21ClN2O3. The van der Waals surface area contributed by atoms with E-state index >= 15 is 0 Å². The molecule has 1 aliphatic carbocycles. The lowest BCUT2D eigenvalue weighted by Crippen LogP contribution is -2.46. The maximum atomic E-state index is 11.9. The quantitative estimate of drug-likeness (QED) is 0.837. The normalized spacial score (nSPS) is 15.2. The minimum absolute atomic E-state index is 0.00110. The zero-order valence-electron chi connectivity index (χ0n) is 12.7. The number of hydrogen-bond donors (Lipinski definition) is 2. The van der Waals surface area contributed by atoms with E-state index in [9.17, 15) is 9.59 Å². The first-order chi connectivity index (χ1) is 10.6. The lowest BCUT2D eigenvalue weighted by atomic mass is 9.89. The minimum Gasteiger partial charge on any atom is -0.482 e. The molecule has 120 valence electrons. The van der Waals surface area contributed by atoms with E-state index < -0.39 is 5.91 Å². The van der Waals surface area contributed by atoms with Crippen molar-refractivity contribution < 1.29 is 14.3 Å². The molecule has 0 heterocycles. The Hall–Kier alpha value is -1.75. The van der Waals surface area contributed by atoms with E-state index in [4.69, 9.17) is 16.3 Å². The van der Waals surface area contributed by atoms with Crippen LogP contribution in [0.25, 0.3) is 0 Å². The molecule has 0 unspecified atom stereocenters. The Morgan fingerprint density at radius 2 is 1.95 bits per heavy atom. The number of carbonyl (C=O) groups excluding carboxylic acids is 2. The summed E-state index contributed by atoms with van der Waals surface area (Å²) in [5, 5.41) is 0.449. The summed E-state index contributed by atoms with van der Waals surface area (Å²) < 4.78 is 5.36. The monoisotopic (exact) mass is 324 g/mol. The maximum absolute atomic E-state index is 11.9. The van der Waals surface area contributed by atoms with Gasteiger partial charge < -0.3 is 4.74 Å². The molecule has 5 nitrogen and oxygen atoms in total. The summed E-state index contributed by atoms with van der Waals surface area (Å²) in [6.07, 6.45) is 5.09. The van der Waals surface area contributed by atoms with Crippen molar-refractivity contribution in [2.24, 2.45) is 5.92 Å². The van der Waals surface area contributed by atoms with Crippen molar-refractivity contribution in [3.63, 3.8) is 0 Å². The first-order valence-electron chi connectivity index (χ1n) is 7.54. The van der Waals surface area contributed by atoms with Crippen LogP contribution in [0.1, 0.15) is 37.7 Å². The first-order valence-corrected chi connectivity index (χ1v) is 7.91. The molecule has 1 fully saturated rings. The highest BCUT2D eigenvalue weighted by Gasteiger charge is 2.21. The second-order valence-corrected chi connectivity index (χ2v) is 6.00. The molecule has 2 N–H and O–H groups in total. The predicted octanol–water partition coefficient (Wildman–Crippen LogP) is 2.75. The summed E-state index contributed by atoms with van der Waals surface area (Å²) in [6, 6.07) is 5.34. The fraction of sp³-hybridized carbons (Fsp3) is 0.500. The lowest BCUT2D eigenvalue weighted by Gasteiger charge is -2.20. The van der Waals surface area contributed by atoms with Crippen molar-refractivity contribution in [2.75, 3.05) is 6.61 Å². The Kier molecular flexibility index (Phi) is 6.07. The van der Waals surface area contributed by atoms with Crippen LogP contribution in [0.2, 0.25) is 5.02 Å². The Morgan fingerprint density at radius 1 is 1.23 bits per heavy atom. The van der Waals surface area contributed by atoms with Gasteiger partial charge in [-0.25, -0.2) is 0 Å². The van der Waals surface area contributed by atoms with E-state index in [0.717, 1.165) is 31.2 Å². The van der Waals surface area contributed by atoms with Crippen LogP contribution in [0.3, 0.4) is 0 Å². The van der Waals surface area contributed by atoms with Gasteiger partial charge >= 0.3 is 0 Å². The van der Waals surface area contributed by atoms with E-state index in [1.165, 1.54) is 6.42 Å². The molecule has 2 amide bonds. The van der Waals surface area contributed by atoms with Gasteiger partial charge in [0.05, 0.1) is 5.02 Å². The number of hydrogen-bond acceptors (Lipinski definition) is 3. The molecule has 0 aromatic heterocycles. The number of rotatable bonds is 4. The maximum Gasteiger partial charge on any atom is 0.276 e. The summed E-state index contributed by atoms with van der Waals surface area (Å²) in [5.41, 5.74) is 5.83. The van der Waals surface area contributed by atoms with Gasteiger partial charge in [-0.15, -0.1) is 0 Å². The van der Waals surface area contributed by atoms with Crippen molar-refractivity contribution >= 4 is 23.4 Å². The van der Waals surface area contributed by atoms with Gasteiger partial charge in [0.15, 0.2) is 6.61 Å². The van der Waals surface area contributed by atoms with Gasteiger partial charge in [0.25, 0.3) is 5.91 Å². The van der Waals surface area contributed by atoms with Crippen molar-refractivity contribution in [3.05, 3.63) is 28.8 Å². The molecule has 1 aromatic carbocycles. The van der Waals surface area contributed by atoms with Crippen LogP contribution < -0.4 is 15.6 Å². The Labute approximate surface area is 135 Å². The third-order valence-corrected chi connectivity index (χ3v) is 4.06. The molecule has 0 bridgehead atoms. The lowest BCUT2D eigenvalue weighted by molar-refractivity contribution is -0.132. The van der Waals surface area contributed by atoms with Crippen LogP contribution in [0.5, 0.6) is 5.75 Å². The topological polar surface area (TPSA) is 67.4 Å². The zero-order chi connectivity index (χ0) is 15.9. The zero-order valence-corrected chi connectivity index (χ0v) is 13.4. The van der Waals surface area contributed by atoms with Gasteiger partial charge in [0.2, 0.25) is 5.91 Å². The van der Waals surface area contributed by atoms with E-state index in [-0.39, 0.29) is 18.4 Å². The van der Waals surface area contributed by atoms with E-state index in [0.29, 0.717) is 10.8 Å². The standard InChI is InChI=1S/C16H21ClN2O3/c1-11-7-8-13(17)14(9-11)22-10-15(20)18-19-16(21)12-5-3-2-4-6-12/h7-9,12H,2-6,10H2,1H3,(H,18,20)(H,19,21). The first kappa shape index (κ1) is 16.6. The third kappa shape index (κ3) is 4.91. The van der Waals surface area contributed by atoms with Crippen molar-refractivity contribution in [2.45, 2.75) is 39.0 Å². The van der Waals surface area contributed by atoms with E-state index in [1.54, 1.807) is 12.1 Å². The van der Waals surface area contributed by atoms with Gasteiger partial charge in [0.1, 0.15) is 5.75 Å². The minimum atomic E-state index is -0.415. The SMILES string of the molecule is Cc1ccc(Cl)c(OCC(=O)NNC(=O)C2CCCCC2)c1. The molecule has 6 heteroatoms. The summed E-state index contributed by atoms with van der Waals surface area (Å²) in [7, 11) is 0. The van der Waals surface area contributed by atoms with Crippen LogP contribution in [0.4, 0.5) is 0 Å². The molecule has 1 aromatic rings. The number of nitrogens with one attached hydrogen (secondary N) is 2. The number of hydrazine groups is 1. The van der Waals surface area contributed by atoms with Gasteiger partial charge in [0, 0.05) is 5.92 Å². The average molecular weight is 325 g/mol. The fourth-order valence-electron chi connectivity index (χ4n) is 2.50. The Morgan fingerprint density at radius 3 is 2.68 bits per heavy atom. The van der Waals surface area contributed by atoms with Crippen LogP contribution >= 0.6 is 11.6 Å². The third-order valence-electron chi connectivity index (χ3n) is 3.75. The van der Waals surface area contributed by atoms with E-state index in [2.05, 4.69) is 10.9 Å². The second-order valence-electron chi connectivity index (χ2n) is 5.59. The Bertz CT molecular complexity index is 542. The highest BCUT2D eigenvalue weighted by Crippen LogP contribution is 2.25. The summed E-state index contributed by atoms with van der Waals surface area (Å²) >= 11 is 5.98. The van der Waals surface area contributed by atoms with Gasteiger partial charge in [-0.3, -0.25) is 20.4 Å². The smallest absolute Gasteiger partial charge is 0.276 e. The van der Waals surface area contributed by atoms with Crippen LogP contribution in [0, 0.1) is 12.8 Å². The number of benzene rings is 1. The van der Waals surface area contributed by atoms with Crippen molar-refractivity contribution in [1.29, 1.82) is 0 Å². The van der Waals surface area contributed by atoms with E-state index in [1.807, 2.05) is 13.0 Å². The molecule has 0 saturated heterocycles.